The lowest BCUT2D eigenvalue weighted by atomic mass is 10.1. The van der Waals surface area contributed by atoms with Crippen molar-refractivity contribution in [3.8, 4) is 5.75 Å². The molecule has 0 aromatic heterocycles. The number of rotatable bonds is 4. The molecule has 0 bridgehead atoms. The second-order valence-electron chi connectivity index (χ2n) is 4.91. The number of hydrogen-bond acceptors (Lipinski definition) is 3. The van der Waals surface area contributed by atoms with E-state index in [0.29, 0.717) is 6.10 Å². The van der Waals surface area contributed by atoms with Gasteiger partial charge in [-0.15, -0.1) is 0 Å². The van der Waals surface area contributed by atoms with E-state index in [1.807, 2.05) is 0 Å². The third-order valence-corrected chi connectivity index (χ3v) is 3.16. The molecule has 0 saturated carbocycles. The Kier molecular flexibility index (Phi) is 3.89. The smallest absolute Gasteiger partial charge is 0.142 e. The zero-order chi connectivity index (χ0) is 12.3. The molecule has 1 aromatic rings. The Balaban J connectivity index is 2.05. The number of hydrogen-bond donors (Lipinski definition) is 1. The predicted octanol–water partition coefficient (Wildman–Crippen LogP) is 2.37. The lowest BCUT2D eigenvalue weighted by molar-refractivity contribution is 0.202. The summed E-state index contributed by atoms with van der Waals surface area (Å²) in [4.78, 5) is 2.20. The maximum Gasteiger partial charge on any atom is 0.142 e. The number of likely N-dealkylation sites (N-methyl/N-ethyl adjacent to an activating group) is 1. The normalized spacial score (nSPS) is 18.5. The summed E-state index contributed by atoms with van der Waals surface area (Å²) in [5, 5.41) is 3.45. The highest BCUT2D eigenvalue weighted by atomic mass is 16.5. The quantitative estimate of drug-likeness (QED) is 0.865. The number of nitrogens with one attached hydrogen (secondary N) is 1. The second kappa shape index (κ2) is 5.41. The second-order valence-corrected chi connectivity index (χ2v) is 4.91. The molecule has 0 spiro atoms. The van der Waals surface area contributed by atoms with Crippen molar-refractivity contribution in [1.29, 1.82) is 0 Å². The zero-order valence-electron chi connectivity index (χ0n) is 11.0. The van der Waals surface area contributed by atoms with E-state index in [4.69, 9.17) is 4.74 Å². The highest BCUT2D eigenvalue weighted by Crippen LogP contribution is 2.30. The lowest BCUT2D eigenvalue weighted by Gasteiger charge is -2.27. The van der Waals surface area contributed by atoms with Gasteiger partial charge in [0.1, 0.15) is 11.9 Å². The minimum absolute atomic E-state index is 0.315. The van der Waals surface area contributed by atoms with E-state index in [1.165, 1.54) is 5.56 Å². The van der Waals surface area contributed by atoms with Gasteiger partial charge >= 0.3 is 0 Å². The molecule has 1 aliphatic rings. The highest BCUT2D eigenvalue weighted by Gasteiger charge is 2.17. The first-order valence-corrected chi connectivity index (χ1v) is 6.37. The van der Waals surface area contributed by atoms with E-state index in [-0.39, 0.29) is 0 Å². The lowest BCUT2D eigenvalue weighted by Crippen LogP contribution is -2.30. The summed E-state index contributed by atoms with van der Waals surface area (Å²) in [7, 11) is 4.21. The molecule has 0 saturated heterocycles. The summed E-state index contributed by atoms with van der Waals surface area (Å²) in [6, 6.07) is 6.47. The average Bonchev–Trinajstić information content (AvgIpc) is 2.35. The van der Waals surface area contributed by atoms with Crippen LogP contribution in [0.2, 0.25) is 0 Å². The number of fused-ring (bicyclic) bond motifs is 1. The standard InChI is InChI=1S/C14H22N2O/c1-4-12-10-15-13-9-11(7-8-16(2)3)5-6-14(13)17-12/h5-6,9,12,15H,4,7-8,10H2,1-3H3. The largest absolute Gasteiger partial charge is 0.486 e. The van der Waals surface area contributed by atoms with Gasteiger partial charge in [0.15, 0.2) is 0 Å². The van der Waals surface area contributed by atoms with Crippen LogP contribution in [0.15, 0.2) is 18.2 Å². The fraction of sp³-hybridized carbons (Fsp3) is 0.571. The van der Waals surface area contributed by atoms with Crippen LogP contribution >= 0.6 is 0 Å². The Hall–Kier alpha value is -1.22. The summed E-state index contributed by atoms with van der Waals surface area (Å²) < 4.78 is 5.89. The van der Waals surface area contributed by atoms with Gasteiger partial charge in [-0.2, -0.15) is 0 Å². The Morgan fingerprint density at radius 2 is 2.24 bits per heavy atom. The summed E-state index contributed by atoms with van der Waals surface area (Å²) in [6.07, 6.45) is 2.45. The summed E-state index contributed by atoms with van der Waals surface area (Å²) >= 11 is 0. The summed E-state index contributed by atoms with van der Waals surface area (Å²) in [6.45, 7) is 4.15. The maximum absolute atomic E-state index is 5.89. The third-order valence-electron chi connectivity index (χ3n) is 3.16. The Bertz CT molecular complexity index is 376. The van der Waals surface area contributed by atoms with Gasteiger partial charge in [0.25, 0.3) is 0 Å². The number of nitrogens with zero attached hydrogens (tertiary/aromatic N) is 1. The van der Waals surface area contributed by atoms with Crippen molar-refractivity contribution >= 4 is 5.69 Å². The average molecular weight is 234 g/mol. The van der Waals surface area contributed by atoms with Crippen molar-refractivity contribution in [2.24, 2.45) is 0 Å². The first-order valence-electron chi connectivity index (χ1n) is 6.37. The number of benzene rings is 1. The predicted molar refractivity (Wildman–Crippen MR) is 71.9 cm³/mol. The van der Waals surface area contributed by atoms with Crippen molar-refractivity contribution in [3.63, 3.8) is 0 Å². The van der Waals surface area contributed by atoms with Gasteiger partial charge in [0, 0.05) is 6.54 Å². The Labute approximate surface area is 104 Å². The minimum Gasteiger partial charge on any atom is -0.486 e. The number of anilines is 1. The first-order chi connectivity index (χ1) is 8.19. The Morgan fingerprint density at radius 3 is 2.94 bits per heavy atom. The minimum atomic E-state index is 0.315. The molecule has 17 heavy (non-hydrogen) atoms. The SMILES string of the molecule is CCC1CNc2cc(CCN(C)C)ccc2O1. The molecule has 94 valence electrons. The Morgan fingerprint density at radius 1 is 1.41 bits per heavy atom. The van der Waals surface area contributed by atoms with E-state index in [1.54, 1.807) is 0 Å². The van der Waals surface area contributed by atoms with Crippen LogP contribution in [0.3, 0.4) is 0 Å². The molecule has 0 amide bonds. The highest BCUT2D eigenvalue weighted by molar-refractivity contribution is 5.59. The van der Waals surface area contributed by atoms with Crippen molar-refractivity contribution in [1.82, 2.24) is 4.90 Å². The first kappa shape index (κ1) is 12.2. The molecule has 2 rings (SSSR count). The van der Waals surface area contributed by atoms with E-state index in [0.717, 1.165) is 37.4 Å². The molecular weight excluding hydrogens is 212 g/mol. The third kappa shape index (κ3) is 3.13. The van der Waals surface area contributed by atoms with Crippen LogP contribution in [0.4, 0.5) is 5.69 Å². The molecule has 1 heterocycles. The summed E-state index contributed by atoms with van der Waals surface area (Å²) in [5.74, 6) is 0.997. The monoisotopic (exact) mass is 234 g/mol. The molecule has 3 nitrogen and oxygen atoms in total. The van der Waals surface area contributed by atoms with Crippen LogP contribution < -0.4 is 10.1 Å². The van der Waals surface area contributed by atoms with Gasteiger partial charge in [-0.25, -0.2) is 0 Å². The molecule has 1 atom stereocenters. The van der Waals surface area contributed by atoms with Crippen LogP contribution in [0.1, 0.15) is 18.9 Å². The van der Waals surface area contributed by atoms with Gasteiger partial charge in [0.05, 0.1) is 12.2 Å². The summed E-state index contributed by atoms with van der Waals surface area (Å²) in [5.41, 5.74) is 2.51. The molecule has 0 radical (unpaired) electrons. The fourth-order valence-electron chi connectivity index (χ4n) is 2.00. The van der Waals surface area contributed by atoms with Crippen LogP contribution in [-0.4, -0.2) is 38.2 Å². The van der Waals surface area contributed by atoms with Crippen molar-refractivity contribution in [3.05, 3.63) is 23.8 Å². The van der Waals surface area contributed by atoms with E-state index < -0.39 is 0 Å². The van der Waals surface area contributed by atoms with Gasteiger partial charge < -0.3 is 15.0 Å². The molecule has 1 unspecified atom stereocenters. The molecule has 1 N–H and O–H groups in total. The van der Waals surface area contributed by atoms with Gasteiger partial charge in [-0.1, -0.05) is 13.0 Å². The van der Waals surface area contributed by atoms with E-state index in [2.05, 4.69) is 49.4 Å². The van der Waals surface area contributed by atoms with Crippen LogP contribution in [0.25, 0.3) is 0 Å². The molecule has 1 aromatic carbocycles. The number of ether oxygens (including phenoxy) is 1. The van der Waals surface area contributed by atoms with Gasteiger partial charge in [-0.05, 0) is 44.6 Å². The van der Waals surface area contributed by atoms with Crippen LogP contribution in [0.5, 0.6) is 5.75 Å². The molecule has 1 aliphatic heterocycles. The van der Waals surface area contributed by atoms with Gasteiger partial charge in [-0.3, -0.25) is 0 Å². The zero-order valence-corrected chi connectivity index (χ0v) is 11.0. The van der Waals surface area contributed by atoms with Crippen molar-refractivity contribution in [2.75, 3.05) is 32.5 Å². The molecule has 0 fully saturated rings. The van der Waals surface area contributed by atoms with E-state index in [9.17, 15) is 0 Å². The van der Waals surface area contributed by atoms with Crippen molar-refractivity contribution < 1.29 is 4.74 Å². The van der Waals surface area contributed by atoms with Crippen LogP contribution in [0, 0.1) is 0 Å². The van der Waals surface area contributed by atoms with Gasteiger partial charge in [0.2, 0.25) is 0 Å². The van der Waals surface area contributed by atoms with Crippen LogP contribution in [-0.2, 0) is 6.42 Å². The molecular formula is C14H22N2O. The van der Waals surface area contributed by atoms with E-state index >= 15 is 0 Å². The maximum atomic E-state index is 5.89. The molecule has 0 aliphatic carbocycles. The topological polar surface area (TPSA) is 24.5 Å². The molecule has 3 heteroatoms. The fourth-order valence-corrected chi connectivity index (χ4v) is 2.00. The van der Waals surface area contributed by atoms with Crippen molar-refractivity contribution in [2.45, 2.75) is 25.9 Å².